The highest BCUT2D eigenvalue weighted by Crippen LogP contribution is 2.20. The van der Waals surface area contributed by atoms with E-state index in [4.69, 9.17) is 5.73 Å². The van der Waals surface area contributed by atoms with Gasteiger partial charge in [-0.25, -0.2) is 4.98 Å². The maximum atomic E-state index is 12.3. The maximum absolute atomic E-state index is 12.3. The van der Waals surface area contributed by atoms with E-state index in [1.165, 1.54) is 11.8 Å². The van der Waals surface area contributed by atoms with E-state index in [0.717, 1.165) is 4.90 Å². The maximum Gasteiger partial charge on any atom is 0.257 e. The van der Waals surface area contributed by atoms with Gasteiger partial charge < -0.3 is 11.1 Å². The summed E-state index contributed by atoms with van der Waals surface area (Å²) >= 11 is 1.53. The third-order valence-corrected chi connectivity index (χ3v) is 3.46. The van der Waals surface area contributed by atoms with Gasteiger partial charge in [-0.1, -0.05) is 24.1 Å². The molecule has 4 nitrogen and oxygen atoms in total. The van der Waals surface area contributed by atoms with Crippen LogP contribution in [0.5, 0.6) is 0 Å². The highest BCUT2D eigenvalue weighted by molar-refractivity contribution is 7.98. The van der Waals surface area contributed by atoms with Crippen molar-refractivity contribution in [2.45, 2.75) is 4.90 Å². The van der Waals surface area contributed by atoms with Crippen LogP contribution in [0.2, 0.25) is 0 Å². The molecule has 2 rings (SSSR count). The van der Waals surface area contributed by atoms with Gasteiger partial charge in [-0.05, 0) is 36.4 Å². The molecule has 1 heterocycles. The van der Waals surface area contributed by atoms with E-state index in [1.54, 1.807) is 24.3 Å². The van der Waals surface area contributed by atoms with Crippen LogP contribution in [0.15, 0.2) is 47.4 Å². The fraction of sp³-hybridized carbons (Fsp3) is 0.125. The lowest BCUT2D eigenvalue weighted by Gasteiger charge is -2.08. The number of nitrogens with zero attached hydrogens (tertiary/aromatic N) is 1. The van der Waals surface area contributed by atoms with Crippen molar-refractivity contribution in [1.29, 1.82) is 0 Å². The van der Waals surface area contributed by atoms with Crippen LogP contribution in [0.25, 0.3) is 0 Å². The van der Waals surface area contributed by atoms with Gasteiger partial charge in [0.05, 0.1) is 12.1 Å². The van der Waals surface area contributed by atoms with Crippen molar-refractivity contribution in [3.63, 3.8) is 0 Å². The number of hydrogen-bond donors (Lipinski definition) is 2. The Hall–Kier alpha value is -2.29. The number of anilines is 1. The van der Waals surface area contributed by atoms with Gasteiger partial charge >= 0.3 is 0 Å². The smallest absolute Gasteiger partial charge is 0.257 e. The lowest BCUT2D eigenvalue weighted by Crippen LogP contribution is -2.14. The second kappa shape index (κ2) is 7.48. The summed E-state index contributed by atoms with van der Waals surface area (Å²) in [6.45, 7) is 0.277. The van der Waals surface area contributed by atoms with Crippen molar-refractivity contribution in [3.8, 4) is 11.8 Å². The predicted octanol–water partition coefficient (Wildman–Crippen LogP) is 2.37. The molecule has 2 aromatic rings. The zero-order chi connectivity index (χ0) is 15.1. The molecule has 0 aliphatic carbocycles. The number of nitrogens with two attached hydrogens (primary N) is 1. The number of amides is 1. The summed E-state index contributed by atoms with van der Waals surface area (Å²) in [5.41, 5.74) is 6.54. The molecule has 0 aliphatic heterocycles. The standard InChI is InChI=1S/C16H15N3OS/c1-21-14-9-3-2-8-13(14)16(20)19-15-10-4-6-12(18-15)7-5-11-17/h2-4,6,8-10H,11,17H2,1H3,(H,18,19,20). The van der Waals surface area contributed by atoms with E-state index in [0.29, 0.717) is 17.1 Å². The Kier molecular flexibility index (Phi) is 5.38. The minimum absolute atomic E-state index is 0.184. The number of benzene rings is 1. The number of carbonyl (C=O) groups is 1. The lowest BCUT2D eigenvalue weighted by atomic mass is 10.2. The Morgan fingerprint density at radius 2 is 2.10 bits per heavy atom. The van der Waals surface area contributed by atoms with Crippen LogP contribution >= 0.6 is 11.8 Å². The molecule has 0 unspecified atom stereocenters. The van der Waals surface area contributed by atoms with Crippen molar-refractivity contribution < 1.29 is 4.79 Å². The first-order valence-electron chi connectivity index (χ1n) is 6.35. The average molecular weight is 297 g/mol. The van der Waals surface area contributed by atoms with Gasteiger partial charge in [0.25, 0.3) is 5.91 Å². The van der Waals surface area contributed by atoms with Gasteiger partial charge in [0.15, 0.2) is 0 Å². The highest BCUT2D eigenvalue weighted by Gasteiger charge is 2.11. The molecule has 1 amide bonds. The van der Waals surface area contributed by atoms with Crippen LogP contribution in [-0.2, 0) is 0 Å². The summed E-state index contributed by atoms with van der Waals surface area (Å²) in [7, 11) is 0. The SMILES string of the molecule is CSc1ccccc1C(=O)Nc1cccc(C#CCN)n1. The molecule has 0 saturated heterocycles. The minimum Gasteiger partial charge on any atom is -0.320 e. The van der Waals surface area contributed by atoms with Crippen molar-refractivity contribution in [3.05, 3.63) is 53.7 Å². The molecule has 5 heteroatoms. The third kappa shape index (κ3) is 4.09. The van der Waals surface area contributed by atoms with Gasteiger partial charge in [0.1, 0.15) is 11.5 Å². The van der Waals surface area contributed by atoms with Crippen molar-refractivity contribution in [2.75, 3.05) is 18.1 Å². The van der Waals surface area contributed by atoms with Crippen LogP contribution in [0.3, 0.4) is 0 Å². The van der Waals surface area contributed by atoms with Crippen LogP contribution in [0.1, 0.15) is 16.1 Å². The first-order chi connectivity index (χ1) is 10.2. The lowest BCUT2D eigenvalue weighted by molar-refractivity contribution is 0.102. The van der Waals surface area contributed by atoms with E-state index in [-0.39, 0.29) is 12.5 Å². The predicted molar refractivity (Wildman–Crippen MR) is 86.3 cm³/mol. The van der Waals surface area contributed by atoms with Crippen molar-refractivity contribution >= 4 is 23.5 Å². The number of aromatic nitrogens is 1. The monoisotopic (exact) mass is 297 g/mol. The van der Waals surface area contributed by atoms with Crippen LogP contribution in [0, 0.1) is 11.8 Å². The molecule has 0 bridgehead atoms. The van der Waals surface area contributed by atoms with Crippen molar-refractivity contribution in [1.82, 2.24) is 4.98 Å². The van der Waals surface area contributed by atoms with Gasteiger partial charge in [-0.3, -0.25) is 4.79 Å². The zero-order valence-electron chi connectivity index (χ0n) is 11.6. The quantitative estimate of drug-likeness (QED) is 0.674. The van der Waals surface area contributed by atoms with Crippen molar-refractivity contribution in [2.24, 2.45) is 5.73 Å². The molecule has 21 heavy (non-hydrogen) atoms. The minimum atomic E-state index is -0.184. The molecular weight excluding hydrogens is 282 g/mol. The summed E-state index contributed by atoms with van der Waals surface area (Å²) in [6.07, 6.45) is 1.94. The first kappa shape index (κ1) is 15.1. The molecule has 106 valence electrons. The molecule has 0 atom stereocenters. The Bertz CT molecular complexity index is 704. The molecule has 0 aliphatic rings. The summed E-state index contributed by atoms with van der Waals surface area (Å²) in [5.74, 6) is 5.86. The molecule has 3 N–H and O–H groups in total. The summed E-state index contributed by atoms with van der Waals surface area (Å²) in [5, 5.41) is 2.79. The number of rotatable bonds is 3. The van der Waals surface area contributed by atoms with Gasteiger partial charge in [-0.2, -0.15) is 0 Å². The van der Waals surface area contributed by atoms with Crippen LogP contribution in [-0.4, -0.2) is 23.7 Å². The molecular formula is C16H15N3OS. The van der Waals surface area contributed by atoms with Crippen LogP contribution < -0.4 is 11.1 Å². The second-order valence-electron chi connectivity index (χ2n) is 4.07. The number of thioether (sulfide) groups is 1. The molecule has 1 aromatic heterocycles. The zero-order valence-corrected chi connectivity index (χ0v) is 12.4. The van der Waals surface area contributed by atoms with Gasteiger partial charge in [0.2, 0.25) is 0 Å². The molecule has 0 spiro atoms. The molecule has 0 saturated carbocycles. The number of nitrogens with one attached hydrogen (secondary N) is 1. The largest absolute Gasteiger partial charge is 0.320 e. The normalized spacial score (nSPS) is 9.62. The summed E-state index contributed by atoms with van der Waals surface area (Å²) in [4.78, 5) is 17.5. The number of hydrogen-bond acceptors (Lipinski definition) is 4. The topological polar surface area (TPSA) is 68.0 Å². The first-order valence-corrected chi connectivity index (χ1v) is 7.57. The van der Waals surface area contributed by atoms with Gasteiger partial charge in [0, 0.05) is 4.90 Å². The summed E-state index contributed by atoms with van der Waals surface area (Å²) in [6, 6.07) is 12.7. The second-order valence-corrected chi connectivity index (χ2v) is 4.92. The van der Waals surface area contributed by atoms with E-state index in [1.807, 2.05) is 24.5 Å². The molecule has 0 fully saturated rings. The van der Waals surface area contributed by atoms with E-state index >= 15 is 0 Å². The fourth-order valence-corrected chi connectivity index (χ4v) is 2.33. The van der Waals surface area contributed by atoms with E-state index < -0.39 is 0 Å². The Labute approximate surface area is 128 Å². The van der Waals surface area contributed by atoms with Crippen LogP contribution in [0.4, 0.5) is 5.82 Å². The number of carbonyl (C=O) groups excluding carboxylic acids is 1. The third-order valence-electron chi connectivity index (χ3n) is 2.66. The highest BCUT2D eigenvalue weighted by atomic mass is 32.2. The fourth-order valence-electron chi connectivity index (χ4n) is 1.73. The molecule has 0 radical (unpaired) electrons. The Morgan fingerprint density at radius 1 is 1.29 bits per heavy atom. The number of pyridine rings is 1. The summed E-state index contributed by atoms with van der Waals surface area (Å²) < 4.78 is 0. The average Bonchev–Trinajstić information content (AvgIpc) is 2.53. The van der Waals surface area contributed by atoms with E-state index in [9.17, 15) is 4.79 Å². The Morgan fingerprint density at radius 3 is 2.86 bits per heavy atom. The Balaban J connectivity index is 2.20. The molecule has 1 aromatic carbocycles. The van der Waals surface area contributed by atoms with E-state index in [2.05, 4.69) is 22.1 Å². The van der Waals surface area contributed by atoms with Gasteiger partial charge in [-0.15, -0.1) is 11.8 Å².